The van der Waals surface area contributed by atoms with Gasteiger partial charge in [-0.2, -0.15) is 0 Å². The molecule has 0 aliphatic rings. The lowest BCUT2D eigenvalue weighted by molar-refractivity contribution is -0.134. The Balaban J connectivity index is 4.79. The maximum absolute atomic E-state index is 10.6. The number of ketones is 1. The van der Waals surface area contributed by atoms with Crippen molar-refractivity contribution in [1.29, 1.82) is 0 Å². The first-order valence-electron chi connectivity index (χ1n) is 2.88. The molecule has 10 heavy (non-hydrogen) atoms. The normalized spacial score (nSPS) is 8.70. The van der Waals surface area contributed by atoms with E-state index in [-0.39, 0.29) is 5.57 Å². The van der Waals surface area contributed by atoms with Crippen LogP contribution in [0.1, 0.15) is 20.8 Å². The fourth-order valence-electron chi connectivity index (χ4n) is 0.717. The number of hydrogen-bond acceptors (Lipinski definition) is 2. The highest BCUT2D eigenvalue weighted by Gasteiger charge is 2.13. The molecule has 0 saturated heterocycles. The second-order valence-corrected chi connectivity index (χ2v) is 2.24. The minimum absolute atomic E-state index is 0.111. The van der Waals surface area contributed by atoms with Crippen molar-refractivity contribution < 1.29 is 14.7 Å². The van der Waals surface area contributed by atoms with Crippen LogP contribution in [0.25, 0.3) is 0 Å². The van der Waals surface area contributed by atoms with E-state index in [0.717, 1.165) is 0 Å². The molecule has 0 atom stereocenters. The molecule has 0 amide bonds. The van der Waals surface area contributed by atoms with Crippen LogP contribution >= 0.6 is 0 Å². The van der Waals surface area contributed by atoms with Crippen LogP contribution in [0.15, 0.2) is 11.1 Å². The van der Waals surface area contributed by atoms with Crippen LogP contribution in [-0.4, -0.2) is 16.9 Å². The van der Waals surface area contributed by atoms with Gasteiger partial charge in [0.05, 0.1) is 0 Å². The van der Waals surface area contributed by atoms with E-state index in [2.05, 4.69) is 0 Å². The molecule has 0 aromatic carbocycles. The number of carbonyl (C=O) groups is 2. The van der Waals surface area contributed by atoms with Gasteiger partial charge in [0.25, 0.3) is 0 Å². The highest BCUT2D eigenvalue weighted by molar-refractivity contribution is 6.16. The molecule has 0 radical (unpaired) electrons. The van der Waals surface area contributed by atoms with Crippen molar-refractivity contribution in [2.45, 2.75) is 20.8 Å². The molecule has 56 valence electrons. The molecule has 0 aromatic rings. The van der Waals surface area contributed by atoms with E-state index in [1.165, 1.54) is 6.92 Å². The van der Waals surface area contributed by atoms with Gasteiger partial charge < -0.3 is 5.11 Å². The average Bonchev–Trinajstić information content (AvgIpc) is 1.59. The quantitative estimate of drug-likeness (QED) is 0.355. The standard InChI is InChI=1S/C7H10O3/c1-4(2)6(5(3)8)7(9)10/h1-3H3,(H,9,10). The van der Waals surface area contributed by atoms with Gasteiger partial charge in [-0.15, -0.1) is 0 Å². The van der Waals surface area contributed by atoms with Crippen molar-refractivity contribution >= 4 is 11.8 Å². The molecule has 3 heteroatoms. The van der Waals surface area contributed by atoms with Crippen molar-refractivity contribution in [3.63, 3.8) is 0 Å². The maximum atomic E-state index is 10.6. The summed E-state index contributed by atoms with van der Waals surface area (Å²) in [5.41, 5.74) is 0.431. The first kappa shape index (κ1) is 8.88. The third-order valence-corrected chi connectivity index (χ3v) is 1.07. The lowest BCUT2D eigenvalue weighted by Gasteiger charge is -1.97. The molecule has 0 aliphatic heterocycles. The van der Waals surface area contributed by atoms with E-state index < -0.39 is 11.8 Å². The Morgan fingerprint density at radius 3 is 1.50 bits per heavy atom. The molecular weight excluding hydrogens is 132 g/mol. The number of carboxylic acid groups (broad SMARTS) is 1. The smallest absolute Gasteiger partial charge is 0.339 e. The number of aliphatic carboxylic acids is 1. The second kappa shape index (κ2) is 3.15. The van der Waals surface area contributed by atoms with E-state index in [1.54, 1.807) is 13.8 Å². The molecule has 0 heterocycles. The van der Waals surface area contributed by atoms with E-state index in [9.17, 15) is 9.59 Å². The molecule has 1 N–H and O–H groups in total. The minimum atomic E-state index is -1.15. The molecule has 0 spiro atoms. The SMILES string of the molecule is CC(=O)C(C(=O)O)=C(C)C. The number of carboxylic acids is 1. The highest BCUT2D eigenvalue weighted by atomic mass is 16.4. The maximum Gasteiger partial charge on any atom is 0.339 e. The van der Waals surface area contributed by atoms with Gasteiger partial charge in [0.15, 0.2) is 5.78 Å². The predicted octanol–water partition coefficient (Wildman–Crippen LogP) is 0.996. The lowest BCUT2D eigenvalue weighted by atomic mass is 10.1. The van der Waals surface area contributed by atoms with Crippen LogP contribution in [0.2, 0.25) is 0 Å². The number of hydrogen-bond donors (Lipinski definition) is 1. The summed E-state index contributed by atoms with van der Waals surface area (Å²) in [5, 5.41) is 8.44. The summed E-state index contributed by atoms with van der Waals surface area (Å²) >= 11 is 0. The zero-order chi connectivity index (χ0) is 8.31. The van der Waals surface area contributed by atoms with Gasteiger partial charge in [-0.25, -0.2) is 4.79 Å². The van der Waals surface area contributed by atoms with Gasteiger partial charge in [0, 0.05) is 0 Å². The fraction of sp³-hybridized carbons (Fsp3) is 0.429. The first-order chi connectivity index (χ1) is 4.46. The van der Waals surface area contributed by atoms with Crippen molar-refractivity contribution in [2.24, 2.45) is 0 Å². The van der Waals surface area contributed by atoms with Crippen LogP contribution in [0.5, 0.6) is 0 Å². The van der Waals surface area contributed by atoms with E-state index >= 15 is 0 Å². The van der Waals surface area contributed by atoms with Crippen LogP contribution < -0.4 is 0 Å². The first-order valence-corrected chi connectivity index (χ1v) is 2.88. The number of carbonyl (C=O) groups excluding carboxylic acids is 1. The second-order valence-electron chi connectivity index (χ2n) is 2.24. The van der Waals surface area contributed by atoms with E-state index in [0.29, 0.717) is 5.57 Å². The van der Waals surface area contributed by atoms with Crippen molar-refractivity contribution in [2.75, 3.05) is 0 Å². The van der Waals surface area contributed by atoms with Gasteiger partial charge in [-0.05, 0) is 20.8 Å². The Morgan fingerprint density at radius 2 is 1.50 bits per heavy atom. The molecular formula is C7H10O3. The third kappa shape index (κ3) is 2.01. The summed E-state index contributed by atoms with van der Waals surface area (Å²) in [5.74, 6) is -1.54. The Hall–Kier alpha value is -1.12. The lowest BCUT2D eigenvalue weighted by Crippen LogP contribution is -2.10. The number of allylic oxidation sites excluding steroid dienone is 1. The summed E-state index contributed by atoms with van der Waals surface area (Å²) in [6, 6.07) is 0. The van der Waals surface area contributed by atoms with Gasteiger partial charge >= 0.3 is 5.97 Å². The molecule has 0 unspecified atom stereocenters. The average molecular weight is 142 g/mol. The zero-order valence-electron chi connectivity index (χ0n) is 6.26. The number of rotatable bonds is 2. The zero-order valence-corrected chi connectivity index (χ0v) is 6.26. The summed E-state index contributed by atoms with van der Waals surface area (Å²) in [7, 11) is 0. The van der Waals surface area contributed by atoms with Crippen molar-refractivity contribution in [1.82, 2.24) is 0 Å². The summed E-state index contributed by atoms with van der Waals surface area (Å²) in [4.78, 5) is 20.9. The Kier molecular flexibility index (Phi) is 2.80. The topological polar surface area (TPSA) is 54.4 Å². The van der Waals surface area contributed by atoms with E-state index in [1.807, 2.05) is 0 Å². The summed E-state index contributed by atoms with van der Waals surface area (Å²) in [6.45, 7) is 4.45. The van der Waals surface area contributed by atoms with Crippen molar-refractivity contribution in [3.8, 4) is 0 Å². The van der Waals surface area contributed by atoms with Crippen LogP contribution in [0, 0.1) is 0 Å². The highest BCUT2D eigenvalue weighted by Crippen LogP contribution is 2.03. The molecule has 0 saturated carbocycles. The Labute approximate surface area is 59.4 Å². The fourth-order valence-corrected chi connectivity index (χ4v) is 0.717. The molecule has 0 aliphatic carbocycles. The summed E-state index contributed by atoms with van der Waals surface area (Å²) in [6.07, 6.45) is 0. The van der Waals surface area contributed by atoms with Crippen molar-refractivity contribution in [3.05, 3.63) is 11.1 Å². The van der Waals surface area contributed by atoms with Gasteiger partial charge in [-0.3, -0.25) is 4.79 Å². The van der Waals surface area contributed by atoms with Crippen LogP contribution in [0.3, 0.4) is 0 Å². The largest absolute Gasteiger partial charge is 0.478 e. The molecule has 3 nitrogen and oxygen atoms in total. The third-order valence-electron chi connectivity index (χ3n) is 1.07. The molecule has 0 aromatic heterocycles. The number of Topliss-reactive ketones (excluding diaryl/α,β-unsaturated/α-hetero) is 1. The Bertz CT molecular complexity index is 181. The van der Waals surface area contributed by atoms with Crippen LogP contribution in [0.4, 0.5) is 0 Å². The monoisotopic (exact) mass is 142 g/mol. The molecule has 0 bridgehead atoms. The minimum Gasteiger partial charge on any atom is -0.478 e. The van der Waals surface area contributed by atoms with Gasteiger partial charge in [-0.1, -0.05) is 5.57 Å². The summed E-state index contributed by atoms with van der Waals surface area (Å²) < 4.78 is 0. The molecule has 0 fully saturated rings. The molecule has 0 rings (SSSR count). The van der Waals surface area contributed by atoms with Gasteiger partial charge in [0.1, 0.15) is 5.57 Å². The predicted molar refractivity (Wildman–Crippen MR) is 36.7 cm³/mol. The van der Waals surface area contributed by atoms with Crippen LogP contribution in [-0.2, 0) is 9.59 Å². The van der Waals surface area contributed by atoms with Gasteiger partial charge in [0.2, 0.25) is 0 Å². The Morgan fingerprint density at radius 1 is 1.10 bits per heavy atom. The van der Waals surface area contributed by atoms with E-state index in [4.69, 9.17) is 5.11 Å².